The maximum absolute atomic E-state index is 11.1. The summed E-state index contributed by atoms with van der Waals surface area (Å²) in [6, 6.07) is 2.24. The maximum Gasteiger partial charge on any atom is 0.291 e. The third-order valence-corrected chi connectivity index (χ3v) is 1.35. The van der Waals surface area contributed by atoms with Crippen LogP contribution in [0.2, 0.25) is 0 Å². The van der Waals surface area contributed by atoms with Crippen LogP contribution in [0.3, 0.4) is 0 Å². The van der Waals surface area contributed by atoms with E-state index in [0.717, 1.165) is 16.8 Å². The monoisotopic (exact) mass is 180 g/mol. The molecule has 0 spiro atoms. The van der Waals surface area contributed by atoms with Crippen LogP contribution in [0, 0.1) is 0 Å². The number of tetrazole rings is 1. The summed E-state index contributed by atoms with van der Waals surface area (Å²) in [6.07, 6.45) is 0. The molecule has 0 aliphatic heterocycles. The summed E-state index contributed by atoms with van der Waals surface area (Å²) >= 11 is 0. The SMILES string of the molecule is O=c1ccc(=O)n(-c2nn[nH]n2)[nH]1. The predicted molar refractivity (Wildman–Crippen MR) is 40.4 cm³/mol. The molecule has 0 saturated heterocycles. The molecule has 13 heavy (non-hydrogen) atoms. The van der Waals surface area contributed by atoms with Crippen molar-refractivity contribution in [1.82, 2.24) is 30.4 Å². The molecule has 2 heterocycles. The Kier molecular flexibility index (Phi) is 1.51. The van der Waals surface area contributed by atoms with Crippen molar-refractivity contribution in [3.05, 3.63) is 32.8 Å². The molecule has 8 heteroatoms. The lowest BCUT2D eigenvalue weighted by molar-refractivity contribution is 0.738. The van der Waals surface area contributed by atoms with E-state index in [0.29, 0.717) is 0 Å². The van der Waals surface area contributed by atoms with Gasteiger partial charge in [0.15, 0.2) is 0 Å². The molecule has 0 amide bonds. The predicted octanol–water partition coefficient (Wildman–Crippen LogP) is -1.96. The quantitative estimate of drug-likeness (QED) is 0.529. The van der Waals surface area contributed by atoms with Gasteiger partial charge in [-0.2, -0.15) is 9.90 Å². The van der Waals surface area contributed by atoms with Crippen LogP contribution in [0.15, 0.2) is 21.7 Å². The van der Waals surface area contributed by atoms with Crippen molar-refractivity contribution in [3.8, 4) is 5.95 Å². The first-order valence-corrected chi connectivity index (χ1v) is 3.33. The fraction of sp³-hybridized carbons (Fsp3) is 0. The van der Waals surface area contributed by atoms with Gasteiger partial charge in [-0.15, -0.1) is 5.10 Å². The van der Waals surface area contributed by atoms with Crippen molar-refractivity contribution >= 4 is 0 Å². The molecule has 0 unspecified atom stereocenters. The van der Waals surface area contributed by atoms with E-state index in [1.165, 1.54) is 0 Å². The molecule has 0 aliphatic carbocycles. The van der Waals surface area contributed by atoms with Gasteiger partial charge in [0.2, 0.25) is 0 Å². The zero-order valence-electron chi connectivity index (χ0n) is 6.26. The zero-order valence-corrected chi connectivity index (χ0v) is 6.26. The molecular formula is C5H4N6O2. The number of nitrogens with one attached hydrogen (secondary N) is 2. The highest BCUT2D eigenvalue weighted by atomic mass is 16.2. The van der Waals surface area contributed by atoms with Crippen molar-refractivity contribution in [2.75, 3.05) is 0 Å². The van der Waals surface area contributed by atoms with Crippen molar-refractivity contribution in [2.45, 2.75) is 0 Å². The Morgan fingerprint density at radius 3 is 2.85 bits per heavy atom. The second-order valence-corrected chi connectivity index (χ2v) is 2.19. The van der Waals surface area contributed by atoms with E-state index >= 15 is 0 Å². The van der Waals surface area contributed by atoms with E-state index in [2.05, 4.69) is 25.7 Å². The third kappa shape index (κ3) is 1.24. The lowest BCUT2D eigenvalue weighted by atomic mass is 10.6. The molecular weight excluding hydrogens is 176 g/mol. The number of H-pyrrole nitrogens is 2. The van der Waals surface area contributed by atoms with Gasteiger partial charge in [0, 0.05) is 12.1 Å². The molecule has 2 aromatic heterocycles. The minimum Gasteiger partial charge on any atom is -0.268 e. The lowest BCUT2D eigenvalue weighted by Gasteiger charge is -1.95. The smallest absolute Gasteiger partial charge is 0.268 e. The number of nitrogens with zero attached hydrogens (tertiary/aromatic N) is 4. The first kappa shape index (κ1) is 7.40. The number of hydrogen-bond donors (Lipinski definition) is 2. The lowest BCUT2D eigenvalue weighted by Crippen LogP contribution is -2.27. The Balaban J connectivity index is 2.71. The largest absolute Gasteiger partial charge is 0.291 e. The van der Waals surface area contributed by atoms with Crippen LogP contribution in [0.1, 0.15) is 0 Å². The fourth-order valence-corrected chi connectivity index (χ4v) is 0.824. The molecule has 0 bridgehead atoms. The number of aromatic nitrogens is 6. The Bertz CT molecular complexity index is 508. The topological polar surface area (TPSA) is 109 Å². The van der Waals surface area contributed by atoms with Gasteiger partial charge in [-0.1, -0.05) is 5.10 Å². The van der Waals surface area contributed by atoms with Crippen molar-refractivity contribution < 1.29 is 0 Å². The van der Waals surface area contributed by atoms with Crippen molar-refractivity contribution in [1.29, 1.82) is 0 Å². The minimum atomic E-state index is -0.430. The fourth-order valence-electron chi connectivity index (χ4n) is 0.824. The highest BCUT2D eigenvalue weighted by molar-refractivity contribution is 5.02. The average molecular weight is 180 g/mol. The second-order valence-electron chi connectivity index (χ2n) is 2.19. The molecule has 0 aromatic carbocycles. The molecule has 66 valence electrons. The van der Waals surface area contributed by atoms with Gasteiger partial charge in [-0.3, -0.25) is 14.7 Å². The van der Waals surface area contributed by atoms with Crippen LogP contribution in [-0.4, -0.2) is 30.4 Å². The standard InChI is InChI=1S/C5H4N6O2/c12-3-1-2-4(13)11(8-3)5-6-9-10-7-5/h1-2H,(H,8,12)(H,6,7,9,10). The van der Waals surface area contributed by atoms with E-state index in [-0.39, 0.29) is 5.95 Å². The minimum absolute atomic E-state index is 0.00250. The number of aromatic amines is 2. The third-order valence-electron chi connectivity index (χ3n) is 1.35. The molecule has 0 saturated carbocycles. The van der Waals surface area contributed by atoms with Crippen LogP contribution in [-0.2, 0) is 0 Å². The van der Waals surface area contributed by atoms with E-state index in [4.69, 9.17) is 0 Å². The molecule has 2 rings (SSSR count). The highest BCUT2D eigenvalue weighted by Gasteiger charge is 2.03. The van der Waals surface area contributed by atoms with Crippen LogP contribution in [0.5, 0.6) is 0 Å². The van der Waals surface area contributed by atoms with Gasteiger partial charge in [-0.05, 0) is 5.21 Å². The molecule has 0 atom stereocenters. The van der Waals surface area contributed by atoms with Gasteiger partial charge in [-0.25, -0.2) is 0 Å². The normalized spacial score (nSPS) is 10.2. The van der Waals surface area contributed by atoms with Gasteiger partial charge in [0.05, 0.1) is 0 Å². The summed E-state index contributed by atoms with van der Waals surface area (Å²) in [7, 11) is 0. The second kappa shape index (κ2) is 2.66. The number of rotatable bonds is 1. The maximum atomic E-state index is 11.1. The van der Waals surface area contributed by atoms with E-state index < -0.39 is 11.1 Å². The van der Waals surface area contributed by atoms with Crippen LogP contribution in [0.4, 0.5) is 0 Å². The Morgan fingerprint density at radius 2 is 2.15 bits per heavy atom. The van der Waals surface area contributed by atoms with Gasteiger partial charge in [0.1, 0.15) is 0 Å². The first-order chi connectivity index (χ1) is 6.27. The summed E-state index contributed by atoms with van der Waals surface area (Å²) < 4.78 is 0.895. The van der Waals surface area contributed by atoms with E-state index in [1.807, 2.05) is 0 Å². The van der Waals surface area contributed by atoms with Crippen molar-refractivity contribution in [2.24, 2.45) is 0 Å². The van der Waals surface area contributed by atoms with E-state index in [9.17, 15) is 9.59 Å². The molecule has 2 aromatic rings. The summed E-state index contributed by atoms with van der Waals surface area (Å²) in [6.45, 7) is 0. The van der Waals surface area contributed by atoms with Crippen molar-refractivity contribution in [3.63, 3.8) is 0 Å². The first-order valence-electron chi connectivity index (χ1n) is 3.33. The highest BCUT2D eigenvalue weighted by Crippen LogP contribution is 1.83. The molecule has 0 fully saturated rings. The molecule has 0 aliphatic rings. The van der Waals surface area contributed by atoms with Crippen LogP contribution in [0.25, 0.3) is 5.95 Å². The molecule has 2 N–H and O–H groups in total. The Morgan fingerprint density at radius 1 is 1.31 bits per heavy atom. The summed E-state index contributed by atoms with van der Waals surface area (Å²) in [5, 5.41) is 14.7. The van der Waals surface area contributed by atoms with Crippen LogP contribution < -0.4 is 11.1 Å². The van der Waals surface area contributed by atoms with Crippen LogP contribution >= 0.6 is 0 Å². The Hall–Kier alpha value is -2.25. The van der Waals surface area contributed by atoms with Gasteiger partial charge >= 0.3 is 0 Å². The summed E-state index contributed by atoms with van der Waals surface area (Å²) in [5.74, 6) is 0.00250. The van der Waals surface area contributed by atoms with E-state index in [1.54, 1.807) is 0 Å². The molecule has 8 nitrogen and oxygen atoms in total. The molecule has 0 radical (unpaired) electrons. The van der Waals surface area contributed by atoms with Gasteiger partial charge < -0.3 is 0 Å². The van der Waals surface area contributed by atoms with Gasteiger partial charge in [0.25, 0.3) is 17.1 Å². The summed E-state index contributed by atoms with van der Waals surface area (Å²) in [4.78, 5) is 22.0. The Labute approximate surface area is 70.2 Å². The summed E-state index contributed by atoms with van der Waals surface area (Å²) in [5.41, 5.74) is -0.842. The zero-order chi connectivity index (χ0) is 9.26. The average Bonchev–Trinajstić information content (AvgIpc) is 2.61. The number of hydrogen-bond acceptors (Lipinski definition) is 5.